The van der Waals surface area contributed by atoms with Crippen LogP contribution in [-0.2, 0) is 28.6 Å². The Morgan fingerprint density at radius 3 is 0.871 bits per heavy atom. The standard InChI is InChI=1S/C64H110O6/c1-4-7-10-13-16-19-22-25-28-30-32-34-36-39-42-45-48-51-54-57-63(66)69-60-61(59-68-62(65)56-53-50-47-44-41-38-27-24-21-18-15-12-9-6-3)70-64(67)58-55-52-49-46-43-40-37-35-33-31-29-26-23-20-17-14-11-8-5-2/h7,10,13,16,19,22,25,28,30,32,34,36,39,42,61H,4-6,8-9,11-12,14-15,17-18,20-21,23-24,26-27,29,31,33,35,37-38,40-41,43-60H2,1-3H3/b10-7-,16-13-,22-19-,28-25-,32-30+,36-34-,42-39-. The van der Waals surface area contributed by atoms with Crippen molar-refractivity contribution < 1.29 is 28.6 Å². The molecule has 0 N–H and O–H groups in total. The van der Waals surface area contributed by atoms with Gasteiger partial charge in [-0.3, -0.25) is 14.4 Å². The molecule has 0 aliphatic rings. The average Bonchev–Trinajstić information content (AvgIpc) is 3.36. The highest BCUT2D eigenvalue weighted by Gasteiger charge is 2.19. The maximum atomic E-state index is 12.9. The molecule has 0 aromatic rings. The van der Waals surface area contributed by atoms with E-state index in [2.05, 4.69) is 39.0 Å². The van der Waals surface area contributed by atoms with Crippen molar-refractivity contribution >= 4 is 17.9 Å². The predicted octanol–water partition coefficient (Wildman–Crippen LogP) is 19.9. The Bertz CT molecular complexity index is 1350. The Balaban J connectivity index is 4.44. The quantitative estimate of drug-likeness (QED) is 0.0261. The van der Waals surface area contributed by atoms with Gasteiger partial charge in [-0.2, -0.15) is 0 Å². The van der Waals surface area contributed by atoms with Gasteiger partial charge in [0.2, 0.25) is 0 Å². The average molecular weight is 976 g/mol. The normalized spacial score (nSPS) is 12.7. The molecule has 402 valence electrons. The molecule has 0 bridgehead atoms. The maximum Gasteiger partial charge on any atom is 0.306 e. The van der Waals surface area contributed by atoms with Crippen LogP contribution in [0.5, 0.6) is 0 Å². The fourth-order valence-electron chi connectivity index (χ4n) is 8.43. The van der Waals surface area contributed by atoms with Crippen molar-refractivity contribution in [1.82, 2.24) is 0 Å². The lowest BCUT2D eigenvalue weighted by Gasteiger charge is -2.18. The van der Waals surface area contributed by atoms with E-state index in [1.54, 1.807) is 0 Å². The first-order valence-electron chi connectivity index (χ1n) is 29.7. The van der Waals surface area contributed by atoms with Crippen LogP contribution in [0.2, 0.25) is 0 Å². The number of rotatable bonds is 53. The molecule has 0 saturated heterocycles. The van der Waals surface area contributed by atoms with Crippen molar-refractivity contribution in [2.75, 3.05) is 13.2 Å². The third kappa shape index (κ3) is 55.5. The lowest BCUT2D eigenvalue weighted by atomic mass is 10.0. The summed E-state index contributed by atoms with van der Waals surface area (Å²) in [7, 11) is 0. The van der Waals surface area contributed by atoms with Gasteiger partial charge >= 0.3 is 17.9 Å². The smallest absolute Gasteiger partial charge is 0.306 e. The summed E-state index contributed by atoms with van der Waals surface area (Å²) in [5.74, 6) is -0.922. The topological polar surface area (TPSA) is 78.9 Å². The van der Waals surface area contributed by atoms with E-state index in [0.29, 0.717) is 19.3 Å². The molecule has 0 fully saturated rings. The van der Waals surface area contributed by atoms with Crippen LogP contribution in [0.3, 0.4) is 0 Å². The summed E-state index contributed by atoms with van der Waals surface area (Å²) >= 11 is 0. The lowest BCUT2D eigenvalue weighted by Crippen LogP contribution is -2.30. The molecule has 0 aromatic heterocycles. The van der Waals surface area contributed by atoms with E-state index >= 15 is 0 Å². The summed E-state index contributed by atoms with van der Waals surface area (Å²) < 4.78 is 16.9. The van der Waals surface area contributed by atoms with Gasteiger partial charge < -0.3 is 14.2 Å². The number of ether oxygens (including phenoxy) is 3. The molecule has 1 atom stereocenters. The SMILES string of the molecule is CC\C=C/C=C\C=C/C=C\C=C\C=C/C=C\CCCCCC(=O)OCC(COC(=O)CCCCCCCCCCCCCCCC)OC(=O)CCCCCCCCCCCCCCCCCCCCC. The van der Waals surface area contributed by atoms with Crippen LogP contribution in [-0.4, -0.2) is 37.2 Å². The Morgan fingerprint density at radius 1 is 0.300 bits per heavy atom. The van der Waals surface area contributed by atoms with E-state index in [1.807, 2.05) is 66.8 Å². The van der Waals surface area contributed by atoms with E-state index in [9.17, 15) is 14.4 Å². The zero-order valence-corrected chi connectivity index (χ0v) is 46.0. The van der Waals surface area contributed by atoms with Gasteiger partial charge in [-0.05, 0) is 38.5 Å². The zero-order valence-electron chi connectivity index (χ0n) is 46.0. The van der Waals surface area contributed by atoms with Gasteiger partial charge in [-0.15, -0.1) is 0 Å². The van der Waals surface area contributed by atoms with Crippen molar-refractivity contribution in [2.24, 2.45) is 0 Å². The Morgan fingerprint density at radius 2 is 0.557 bits per heavy atom. The van der Waals surface area contributed by atoms with Crippen molar-refractivity contribution in [3.05, 3.63) is 85.1 Å². The molecule has 1 unspecified atom stereocenters. The third-order valence-electron chi connectivity index (χ3n) is 12.9. The van der Waals surface area contributed by atoms with E-state index in [0.717, 1.165) is 70.6 Å². The molecule has 0 heterocycles. The molecule has 70 heavy (non-hydrogen) atoms. The number of allylic oxidation sites excluding steroid dienone is 14. The zero-order chi connectivity index (χ0) is 50.7. The summed E-state index contributed by atoms with van der Waals surface area (Å²) in [6, 6.07) is 0. The summed E-state index contributed by atoms with van der Waals surface area (Å²) in [4.78, 5) is 38.2. The van der Waals surface area contributed by atoms with Crippen LogP contribution >= 0.6 is 0 Å². The molecular weight excluding hydrogens is 865 g/mol. The Hall–Kier alpha value is -3.41. The second-order valence-electron chi connectivity index (χ2n) is 19.7. The number of hydrogen-bond donors (Lipinski definition) is 0. The Labute approximate surface area is 433 Å². The molecule has 0 amide bonds. The van der Waals surface area contributed by atoms with Crippen molar-refractivity contribution in [3.63, 3.8) is 0 Å². The van der Waals surface area contributed by atoms with Gasteiger partial charge in [-0.1, -0.05) is 311 Å². The van der Waals surface area contributed by atoms with Gasteiger partial charge in [0, 0.05) is 19.3 Å². The van der Waals surface area contributed by atoms with Crippen molar-refractivity contribution in [1.29, 1.82) is 0 Å². The number of esters is 3. The number of unbranched alkanes of at least 4 members (excludes halogenated alkanes) is 34. The molecule has 0 aromatic carbocycles. The van der Waals surface area contributed by atoms with Crippen LogP contribution in [0.1, 0.15) is 284 Å². The highest BCUT2D eigenvalue weighted by atomic mass is 16.6. The minimum absolute atomic E-state index is 0.0878. The van der Waals surface area contributed by atoms with Crippen LogP contribution in [0.25, 0.3) is 0 Å². The molecule has 6 heteroatoms. The first-order chi connectivity index (χ1) is 34.5. The minimum Gasteiger partial charge on any atom is -0.462 e. The second-order valence-corrected chi connectivity index (χ2v) is 19.7. The highest BCUT2D eigenvalue weighted by Crippen LogP contribution is 2.17. The molecule has 6 nitrogen and oxygen atoms in total. The van der Waals surface area contributed by atoms with E-state index in [1.165, 1.54) is 173 Å². The minimum atomic E-state index is -0.793. The summed E-state index contributed by atoms with van der Waals surface area (Å²) in [5, 5.41) is 0. The molecule has 0 saturated carbocycles. The van der Waals surface area contributed by atoms with Crippen LogP contribution in [0.4, 0.5) is 0 Å². The fraction of sp³-hybridized carbons (Fsp3) is 0.734. The van der Waals surface area contributed by atoms with Gasteiger partial charge in [0.15, 0.2) is 6.10 Å². The predicted molar refractivity (Wildman–Crippen MR) is 302 cm³/mol. The molecule has 0 rings (SSSR count). The maximum absolute atomic E-state index is 12.9. The highest BCUT2D eigenvalue weighted by molar-refractivity contribution is 5.71. The van der Waals surface area contributed by atoms with Gasteiger partial charge in [0.25, 0.3) is 0 Å². The number of hydrogen-bond acceptors (Lipinski definition) is 6. The summed E-state index contributed by atoms with van der Waals surface area (Å²) in [6.45, 7) is 6.49. The molecule has 0 aliphatic heterocycles. The Kier molecular flexibility index (Phi) is 55.3. The first-order valence-corrected chi connectivity index (χ1v) is 29.7. The van der Waals surface area contributed by atoms with E-state index in [-0.39, 0.29) is 31.1 Å². The molecular formula is C64H110O6. The summed E-state index contributed by atoms with van der Waals surface area (Å²) in [5.41, 5.74) is 0. The number of carbonyl (C=O) groups excluding carboxylic acids is 3. The van der Waals surface area contributed by atoms with Crippen LogP contribution in [0.15, 0.2) is 85.1 Å². The summed E-state index contributed by atoms with van der Waals surface area (Å²) in [6.07, 6.45) is 75.7. The van der Waals surface area contributed by atoms with E-state index in [4.69, 9.17) is 14.2 Å². The fourth-order valence-corrected chi connectivity index (χ4v) is 8.43. The number of carbonyl (C=O) groups is 3. The van der Waals surface area contributed by atoms with Crippen molar-refractivity contribution in [3.8, 4) is 0 Å². The van der Waals surface area contributed by atoms with E-state index < -0.39 is 6.10 Å². The van der Waals surface area contributed by atoms with Gasteiger partial charge in [0.05, 0.1) is 0 Å². The largest absolute Gasteiger partial charge is 0.462 e. The molecule has 0 spiro atoms. The first kappa shape index (κ1) is 66.6. The molecule has 0 aliphatic carbocycles. The third-order valence-corrected chi connectivity index (χ3v) is 12.9. The van der Waals surface area contributed by atoms with Crippen molar-refractivity contribution in [2.45, 2.75) is 290 Å². The molecule has 0 radical (unpaired) electrons. The van der Waals surface area contributed by atoms with Crippen LogP contribution < -0.4 is 0 Å². The monoisotopic (exact) mass is 975 g/mol. The van der Waals surface area contributed by atoms with Gasteiger partial charge in [-0.25, -0.2) is 0 Å². The lowest BCUT2D eigenvalue weighted by molar-refractivity contribution is -0.167. The van der Waals surface area contributed by atoms with Crippen LogP contribution in [0, 0.1) is 0 Å². The van der Waals surface area contributed by atoms with Gasteiger partial charge in [0.1, 0.15) is 13.2 Å². The second kappa shape index (κ2) is 58.2.